The third kappa shape index (κ3) is 2.08. The lowest BCUT2D eigenvalue weighted by atomic mass is 10.2. The molecule has 1 saturated heterocycles. The molecule has 0 radical (unpaired) electrons. The van der Waals surface area contributed by atoms with Crippen LogP contribution in [0.3, 0.4) is 0 Å². The lowest BCUT2D eigenvalue weighted by Crippen LogP contribution is -2.58. The van der Waals surface area contributed by atoms with Gasteiger partial charge in [-0.05, 0) is 6.92 Å². The molecule has 1 rings (SSSR count). The van der Waals surface area contributed by atoms with E-state index in [1.54, 1.807) is 11.9 Å². The Morgan fingerprint density at radius 3 is 2.73 bits per heavy atom. The van der Waals surface area contributed by atoms with Gasteiger partial charge in [0.2, 0.25) is 0 Å². The van der Waals surface area contributed by atoms with Crippen molar-refractivity contribution in [2.24, 2.45) is 0 Å². The number of amides is 2. The molecule has 0 aliphatic carbocycles. The van der Waals surface area contributed by atoms with Gasteiger partial charge < -0.3 is 15.5 Å². The van der Waals surface area contributed by atoms with Gasteiger partial charge in [0.05, 0.1) is 6.04 Å². The zero-order valence-electron chi connectivity index (χ0n) is 7.05. The largest absolute Gasteiger partial charge is 0.333 e. The molecule has 1 aliphatic rings. The molecule has 0 aromatic carbocycles. The maximum atomic E-state index is 11.2. The fraction of sp³-hybridized carbons (Fsp3) is 0.857. The van der Waals surface area contributed by atoms with Crippen molar-refractivity contribution >= 4 is 6.03 Å². The first-order valence-corrected chi connectivity index (χ1v) is 3.96. The Hall–Kier alpha value is -0.770. The van der Waals surface area contributed by atoms with Crippen LogP contribution in [-0.4, -0.2) is 43.7 Å². The highest BCUT2D eigenvalue weighted by molar-refractivity contribution is 5.74. The molecule has 0 spiro atoms. The summed E-state index contributed by atoms with van der Waals surface area (Å²) in [5.41, 5.74) is 0. The number of rotatable bonds is 2. The topological polar surface area (TPSA) is 44.4 Å². The second-order valence-corrected chi connectivity index (χ2v) is 2.82. The molecule has 1 heterocycles. The van der Waals surface area contributed by atoms with Crippen molar-refractivity contribution in [2.75, 3.05) is 26.7 Å². The van der Waals surface area contributed by atoms with Crippen LogP contribution in [0.1, 0.15) is 6.92 Å². The number of carbonyl (C=O) groups is 1. The Labute approximate surface area is 66.9 Å². The average Bonchev–Trinajstić information content (AvgIpc) is 1.94. The molecule has 2 amide bonds. The minimum atomic E-state index is 0.0269. The van der Waals surface area contributed by atoms with Gasteiger partial charge in [0.1, 0.15) is 0 Å². The molecule has 0 unspecified atom stereocenters. The standard InChI is InChI=1S/C7H15N3O/c1-3-10(2)7(11)9-6-4-8-5-6/h6,8H,3-5H2,1-2H3,(H,9,11). The minimum absolute atomic E-state index is 0.0269. The maximum Gasteiger partial charge on any atom is 0.317 e. The summed E-state index contributed by atoms with van der Waals surface area (Å²) in [5.74, 6) is 0. The van der Waals surface area contributed by atoms with E-state index in [-0.39, 0.29) is 6.03 Å². The first-order chi connectivity index (χ1) is 5.24. The van der Waals surface area contributed by atoms with Crippen LogP contribution in [-0.2, 0) is 0 Å². The van der Waals surface area contributed by atoms with Crippen molar-refractivity contribution < 1.29 is 4.79 Å². The van der Waals surface area contributed by atoms with E-state index in [0.717, 1.165) is 19.6 Å². The molecule has 1 aliphatic heterocycles. The summed E-state index contributed by atoms with van der Waals surface area (Å²) in [6.45, 7) is 4.52. The summed E-state index contributed by atoms with van der Waals surface area (Å²) >= 11 is 0. The van der Waals surface area contributed by atoms with Crippen LogP contribution in [0.2, 0.25) is 0 Å². The van der Waals surface area contributed by atoms with Crippen LogP contribution in [0.25, 0.3) is 0 Å². The fourth-order valence-corrected chi connectivity index (χ4v) is 0.819. The van der Waals surface area contributed by atoms with Crippen LogP contribution in [0.5, 0.6) is 0 Å². The number of urea groups is 1. The Balaban J connectivity index is 2.19. The molecule has 0 atom stereocenters. The van der Waals surface area contributed by atoms with Crippen LogP contribution in [0.15, 0.2) is 0 Å². The Morgan fingerprint density at radius 1 is 1.73 bits per heavy atom. The van der Waals surface area contributed by atoms with E-state index >= 15 is 0 Å². The van der Waals surface area contributed by atoms with Crippen molar-refractivity contribution in [3.8, 4) is 0 Å². The van der Waals surface area contributed by atoms with E-state index in [4.69, 9.17) is 0 Å². The summed E-state index contributed by atoms with van der Waals surface area (Å²) < 4.78 is 0. The Bertz CT molecular complexity index is 145. The average molecular weight is 157 g/mol. The van der Waals surface area contributed by atoms with Gasteiger partial charge in [0.15, 0.2) is 0 Å². The molecule has 1 fully saturated rings. The van der Waals surface area contributed by atoms with Crippen molar-refractivity contribution in [3.05, 3.63) is 0 Å². The second kappa shape index (κ2) is 3.57. The summed E-state index contributed by atoms with van der Waals surface area (Å²) in [6, 6.07) is 0.371. The van der Waals surface area contributed by atoms with Gasteiger partial charge in [0.25, 0.3) is 0 Å². The molecule has 0 aromatic heterocycles. The summed E-state index contributed by atoms with van der Waals surface area (Å²) in [4.78, 5) is 12.8. The van der Waals surface area contributed by atoms with Crippen molar-refractivity contribution in [1.82, 2.24) is 15.5 Å². The van der Waals surface area contributed by atoms with Crippen LogP contribution in [0, 0.1) is 0 Å². The first kappa shape index (κ1) is 8.33. The number of carbonyl (C=O) groups excluding carboxylic acids is 1. The van der Waals surface area contributed by atoms with Crippen molar-refractivity contribution in [1.29, 1.82) is 0 Å². The summed E-state index contributed by atoms with van der Waals surface area (Å²) in [5, 5.41) is 5.98. The van der Waals surface area contributed by atoms with Crippen molar-refractivity contribution in [3.63, 3.8) is 0 Å². The van der Waals surface area contributed by atoms with Gasteiger partial charge in [-0.2, -0.15) is 0 Å². The predicted octanol–water partition coefficient (Wildman–Crippen LogP) is -0.381. The van der Waals surface area contributed by atoms with Gasteiger partial charge in [-0.15, -0.1) is 0 Å². The lowest BCUT2D eigenvalue weighted by molar-refractivity contribution is 0.201. The maximum absolute atomic E-state index is 11.2. The summed E-state index contributed by atoms with van der Waals surface area (Å²) in [6.07, 6.45) is 0. The van der Waals surface area contributed by atoms with Gasteiger partial charge in [-0.25, -0.2) is 4.79 Å². The Morgan fingerprint density at radius 2 is 2.36 bits per heavy atom. The van der Waals surface area contributed by atoms with Crippen LogP contribution >= 0.6 is 0 Å². The summed E-state index contributed by atoms with van der Waals surface area (Å²) in [7, 11) is 1.79. The molecule has 2 N–H and O–H groups in total. The zero-order valence-corrected chi connectivity index (χ0v) is 7.05. The third-order valence-corrected chi connectivity index (χ3v) is 1.93. The molecule has 4 nitrogen and oxygen atoms in total. The van der Waals surface area contributed by atoms with Crippen molar-refractivity contribution in [2.45, 2.75) is 13.0 Å². The molecular formula is C7H15N3O. The number of nitrogens with one attached hydrogen (secondary N) is 2. The van der Waals surface area contributed by atoms with E-state index in [1.165, 1.54) is 0 Å². The van der Waals surface area contributed by atoms with E-state index in [1.807, 2.05) is 6.92 Å². The highest BCUT2D eigenvalue weighted by Crippen LogP contribution is 1.92. The monoisotopic (exact) mass is 157 g/mol. The van der Waals surface area contributed by atoms with Crippen LogP contribution in [0.4, 0.5) is 4.79 Å². The number of hydrogen-bond acceptors (Lipinski definition) is 2. The quantitative estimate of drug-likeness (QED) is 0.574. The normalized spacial score (nSPS) is 17.3. The molecule has 0 aromatic rings. The van der Waals surface area contributed by atoms with E-state index in [0.29, 0.717) is 6.04 Å². The molecule has 11 heavy (non-hydrogen) atoms. The first-order valence-electron chi connectivity index (χ1n) is 3.96. The van der Waals surface area contributed by atoms with Gasteiger partial charge in [-0.1, -0.05) is 0 Å². The highest BCUT2D eigenvalue weighted by atomic mass is 16.2. The SMILES string of the molecule is CCN(C)C(=O)NC1CNC1. The molecule has 0 bridgehead atoms. The van der Waals surface area contributed by atoms with Crippen LogP contribution < -0.4 is 10.6 Å². The molecule has 64 valence electrons. The highest BCUT2D eigenvalue weighted by Gasteiger charge is 2.19. The van der Waals surface area contributed by atoms with Gasteiger partial charge in [0, 0.05) is 26.7 Å². The zero-order chi connectivity index (χ0) is 8.27. The fourth-order valence-electron chi connectivity index (χ4n) is 0.819. The lowest BCUT2D eigenvalue weighted by Gasteiger charge is -2.29. The predicted molar refractivity (Wildman–Crippen MR) is 43.5 cm³/mol. The van der Waals surface area contributed by atoms with Gasteiger partial charge in [-0.3, -0.25) is 0 Å². The minimum Gasteiger partial charge on any atom is -0.333 e. The van der Waals surface area contributed by atoms with E-state index in [2.05, 4.69) is 10.6 Å². The smallest absolute Gasteiger partial charge is 0.317 e. The second-order valence-electron chi connectivity index (χ2n) is 2.82. The third-order valence-electron chi connectivity index (χ3n) is 1.93. The Kier molecular flexibility index (Phi) is 2.70. The van der Waals surface area contributed by atoms with E-state index in [9.17, 15) is 4.79 Å². The molecular weight excluding hydrogens is 142 g/mol. The number of hydrogen-bond donors (Lipinski definition) is 2. The molecule has 0 saturated carbocycles. The molecule has 4 heteroatoms. The van der Waals surface area contributed by atoms with E-state index < -0.39 is 0 Å². The number of nitrogens with zero attached hydrogens (tertiary/aromatic N) is 1. The van der Waals surface area contributed by atoms with Gasteiger partial charge >= 0.3 is 6.03 Å².